The maximum absolute atomic E-state index is 11.8. The quantitative estimate of drug-likeness (QED) is 0.864. The van der Waals surface area contributed by atoms with Gasteiger partial charge < -0.3 is 15.4 Å². The summed E-state index contributed by atoms with van der Waals surface area (Å²) in [6, 6.07) is 6.44. The molecule has 1 amide bonds. The Bertz CT molecular complexity index is 454. The first-order chi connectivity index (χ1) is 9.65. The van der Waals surface area contributed by atoms with E-state index < -0.39 is 0 Å². The highest BCUT2D eigenvalue weighted by molar-refractivity contribution is 5.76. The molecule has 0 saturated carbocycles. The Hall–Kier alpha value is -1.55. The summed E-state index contributed by atoms with van der Waals surface area (Å²) < 4.78 is 5.70. The van der Waals surface area contributed by atoms with E-state index in [0.29, 0.717) is 19.1 Å². The first-order valence-electron chi connectivity index (χ1n) is 7.35. The van der Waals surface area contributed by atoms with Gasteiger partial charge in [-0.1, -0.05) is 12.1 Å². The fourth-order valence-corrected chi connectivity index (χ4v) is 2.38. The number of carbonyl (C=O) groups excluding carboxylic acids is 1. The van der Waals surface area contributed by atoms with Gasteiger partial charge in [-0.3, -0.25) is 4.79 Å². The molecule has 1 aliphatic rings. The number of carbonyl (C=O) groups is 1. The highest BCUT2D eigenvalue weighted by atomic mass is 16.5. The van der Waals surface area contributed by atoms with E-state index in [2.05, 4.69) is 16.7 Å². The normalized spacial score (nSPS) is 15.9. The van der Waals surface area contributed by atoms with Crippen molar-refractivity contribution >= 4 is 5.91 Å². The van der Waals surface area contributed by atoms with Crippen molar-refractivity contribution in [2.75, 3.05) is 19.7 Å². The zero-order valence-electron chi connectivity index (χ0n) is 12.4. The van der Waals surface area contributed by atoms with Crippen LogP contribution in [0.3, 0.4) is 0 Å². The van der Waals surface area contributed by atoms with E-state index in [4.69, 9.17) is 4.74 Å². The van der Waals surface area contributed by atoms with Crippen LogP contribution in [0.15, 0.2) is 18.2 Å². The zero-order chi connectivity index (χ0) is 14.4. The molecule has 0 aliphatic carbocycles. The first kappa shape index (κ1) is 14.9. The lowest BCUT2D eigenvalue weighted by Crippen LogP contribution is -2.43. The number of nitrogens with one attached hydrogen (secondary N) is 2. The van der Waals surface area contributed by atoms with Crippen LogP contribution in [0.2, 0.25) is 0 Å². The molecule has 0 spiro atoms. The third-order valence-electron chi connectivity index (χ3n) is 3.63. The first-order valence-corrected chi connectivity index (χ1v) is 7.35. The van der Waals surface area contributed by atoms with Crippen LogP contribution in [-0.2, 0) is 4.79 Å². The molecular weight excluding hydrogens is 252 g/mol. The number of hydrogen-bond donors (Lipinski definition) is 2. The fraction of sp³-hybridized carbons (Fsp3) is 0.562. The molecule has 1 aromatic rings. The van der Waals surface area contributed by atoms with Gasteiger partial charge in [0.05, 0.1) is 13.0 Å². The summed E-state index contributed by atoms with van der Waals surface area (Å²) in [7, 11) is 0. The highest BCUT2D eigenvalue weighted by Crippen LogP contribution is 2.19. The van der Waals surface area contributed by atoms with Crippen LogP contribution in [0, 0.1) is 13.8 Å². The average Bonchev–Trinajstić information content (AvgIpc) is 2.44. The van der Waals surface area contributed by atoms with Gasteiger partial charge in [-0.25, -0.2) is 0 Å². The predicted octanol–water partition coefficient (Wildman–Crippen LogP) is 1.94. The summed E-state index contributed by atoms with van der Waals surface area (Å²) in [6.07, 6.45) is 2.45. The molecule has 1 saturated heterocycles. The van der Waals surface area contributed by atoms with Crippen molar-refractivity contribution in [3.63, 3.8) is 0 Å². The summed E-state index contributed by atoms with van der Waals surface area (Å²) in [5, 5.41) is 6.36. The van der Waals surface area contributed by atoms with Crippen LogP contribution in [0.4, 0.5) is 0 Å². The largest absolute Gasteiger partial charge is 0.493 e. The Morgan fingerprint density at radius 2 is 2.10 bits per heavy atom. The van der Waals surface area contributed by atoms with E-state index in [-0.39, 0.29) is 5.91 Å². The molecule has 1 fully saturated rings. The van der Waals surface area contributed by atoms with E-state index in [9.17, 15) is 4.79 Å². The summed E-state index contributed by atoms with van der Waals surface area (Å²) >= 11 is 0. The lowest BCUT2D eigenvalue weighted by molar-refractivity contribution is -0.122. The van der Waals surface area contributed by atoms with Crippen molar-refractivity contribution in [1.82, 2.24) is 10.6 Å². The summed E-state index contributed by atoms with van der Waals surface area (Å²) in [4.78, 5) is 11.8. The molecule has 0 aromatic heterocycles. The Balaban J connectivity index is 1.72. The van der Waals surface area contributed by atoms with Crippen LogP contribution >= 0.6 is 0 Å². The number of amides is 1. The number of ether oxygens (including phenoxy) is 1. The Kier molecular flexibility index (Phi) is 5.41. The van der Waals surface area contributed by atoms with Crippen LogP contribution in [0.5, 0.6) is 5.75 Å². The topological polar surface area (TPSA) is 50.4 Å². The second kappa shape index (κ2) is 7.29. The standard InChI is InChI=1S/C16H24N2O2/c1-12-3-4-13(2)15(11-12)20-10-7-16(19)18-14-5-8-17-9-6-14/h3-4,11,14,17H,5-10H2,1-2H3,(H,18,19). The molecule has 2 rings (SSSR count). The number of piperidine rings is 1. The molecule has 4 heteroatoms. The molecule has 1 aliphatic heterocycles. The molecule has 0 radical (unpaired) electrons. The van der Waals surface area contributed by atoms with Crippen LogP contribution in [0.1, 0.15) is 30.4 Å². The van der Waals surface area contributed by atoms with E-state index in [0.717, 1.165) is 37.2 Å². The Morgan fingerprint density at radius 1 is 1.35 bits per heavy atom. The van der Waals surface area contributed by atoms with E-state index in [1.54, 1.807) is 0 Å². The SMILES string of the molecule is Cc1ccc(C)c(OCCC(=O)NC2CCNCC2)c1. The molecule has 1 heterocycles. The van der Waals surface area contributed by atoms with Crippen molar-refractivity contribution < 1.29 is 9.53 Å². The maximum atomic E-state index is 11.8. The summed E-state index contributed by atoms with van der Waals surface area (Å²) in [5.41, 5.74) is 2.28. The number of benzene rings is 1. The van der Waals surface area contributed by atoms with Gasteiger partial charge in [0.15, 0.2) is 0 Å². The summed E-state index contributed by atoms with van der Waals surface area (Å²) in [6.45, 7) is 6.47. The second-order valence-corrected chi connectivity index (χ2v) is 5.46. The molecule has 110 valence electrons. The predicted molar refractivity (Wildman–Crippen MR) is 80.1 cm³/mol. The van der Waals surface area contributed by atoms with E-state index in [1.165, 1.54) is 5.56 Å². The highest BCUT2D eigenvalue weighted by Gasteiger charge is 2.15. The molecule has 1 aromatic carbocycles. The monoisotopic (exact) mass is 276 g/mol. The smallest absolute Gasteiger partial charge is 0.223 e. The van der Waals surface area contributed by atoms with E-state index >= 15 is 0 Å². The third kappa shape index (κ3) is 4.53. The van der Waals surface area contributed by atoms with Crippen molar-refractivity contribution in [3.05, 3.63) is 29.3 Å². The van der Waals surface area contributed by atoms with Gasteiger partial charge in [0, 0.05) is 6.04 Å². The summed E-state index contributed by atoms with van der Waals surface area (Å²) in [5.74, 6) is 0.960. The lowest BCUT2D eigenvalue weighted by Gasteiger charge is -2.23. The zero-order valence-corrected chi connectivity index (χ0v) is 12.4. The van der Waals surface area contributed by atoms with Crippen molar-refractivity contribution in [3.8, 4) is 5.75 Å². The van der Waals surface area contributed by atoms with Crippen LogP contribution in [0.25, 0.3) is 0 Å². The molecule has 0 bridgehead atoms. The molecule has 20 heavy (non-hydrogen) atoms. The lowest BCUT2D eigenvalue weighted by atomic mass is 10.1. The fourth-order valence-electron chi connectivity index (χ4n) is 2.38. The molecular formula is C16H24N2O2. The molecule has 4 nitrogen and oxygen atoms in total. The van der Waals surface area contributed by atoms with Gasteiger partial charge in [-0.05, 0) is 57.0 Å². The van der Waals surface area contributed by atoms with Crippen molar-refractivity contribution in [2.45, 2.75) is 39.2 Å². The van der Waals surface area contributed by atoms with Crippen molar-refractivity contribution in [1.29, 1.82) is 0 Å². The van der Waals surface area contributed by atoms with Gasteiger partial charge in [0.2, 0.25) is 5.91 Å². The molecule has 2 N–H and O–H groups in total. The van der Waals surface area contributed by atoms with Gasteiger partial charge in [0.25, 0.3) is 0 Å². The average molecular weight is 276 g/mol. The maximum Gasteiger partial charge on any atom is 0.223 e. The molecule has 0 unspecified atom stereocenters. The molecule has 0 atom stereocenters. The second-order valence-electron chi connectivity index (χ2n) is 5.46. The van der Waals surface area contributed by atoms with Gasteiger partial charge in [0.1, 0.15) is 5.75 Å². The van der Waals surface area contributed by atoms with Crippen LogP contribution < -0.4 is 15.4 Å². The van der Waals surface area contributed by atoms with Gasteiger partial charge in [-0.15, -0.1) is 0 Å². The van der Waals surface area contributed by atoms with Crippen molar-refractivity contribution in [2.24, 2.45) is 0 Å². The van der Waals surface area contributed by atoms with Gasteiger partial charge in [-0.2, -0.15) is 0 Å². The minimum atomic E-state index is 0.0854. The minimum Gasteiger partial charge on any atom is -0.493 e. The number of hydrogen-bond acceptors (Lipinski definition) is 3. The van der Waals surface area contributed by atoms with Crippen LogP contribution in [-0.4, -0.2) is 31.6 Å². The minimum absolute atomic E-state index is 0.0854. The number of rotatable bonds is 5. The number of aryl methyl sites for hydroxylation is 2. The Morgan fingerprint density at radius 3 is 2.85 bits per heavy atom. The van der Waals surface area contributed by atoms with E-state index in [1.807, 2.05) is 26.0 Å². The van der Waals surface area contributed by atoms with Gasteiger partial charge >= 0.3 is 0 Å². The third-order valence-corrected chi connectivity index (χ3v) is 3.63. The Labute approximate surface area is 120 Å².